The predicted octanol–water partition coefficient (Wildman–Crippen LogP) is 5.55. The van der Waals surface area contributed by atoms with E-state index in [1.807, 2.05) is 0 Å². The fourth-order valence-electron chi connectivity index (χ4n) is 9.73. The minimum Gasteiger partial charge on any atom is -0.462 e. The Morgan fingerprint density at radius 3 is 2.06 bits per heavy atom. The van der Waals surface area contributed by atoms with Crippen molar-refractivity contribution >= 4 is 11.8 Å². The van der Waals surface area contributed by atoms with E-state index in [0.717, 1.165) is 6.42 Å². The Balaban J connectivity index is 1.79. The van der Waals surface area contributed by atoms with Crippen LogP contribution in [0.5, 0.6) is 0 Å². The van der Waals surface area contributed by atoms with Crippen LogP contribution in [0.3, 0.4) is 0 Å². The van der Waals surface area contributed by atoms with Crippen molar-refractivity contribution in [2.45, 2.75) is 112 Å². The van der Waals surface area contributed by atoms with Crippen molar-refractivity contribution in [1.29, 1.82) is 0 Å². The van der Waals surface area contributed by atoms with E-state index in [1.54, 1.807) is 6.92 Å². The van der Waals surface area contributed by atoms with Crippen molar-refractivity contribution in [1.82, 2.24) is 0 Å². The molecule has 0 heterocycles. The molecule has 4 fully saturated rings. The summed E-state index contributed by atoms with van der Waals surface area (Å²) < 4.78 is 6.07. The molecule has 0 spiro atoms. The summed E-state index contributed by atoms with van der Waals surface area (Å²) in [6, 6.07) is 0. The molecule has 4 aliphatic carbocycles. The lowest BCUT2D eigenvalue weighted by atomic mass is 9.35. The number of aliphatic hydroxyl groups is 1. The van der Waals surface area contributed by atoms with Crippen molar-refractivity contribution in [3.05, 3.63) is 0 Å². The van der Waals surface area contributed by atoms with Crippen molar-refractivity contribution in [3.63, 3.8) is 0 Å². The Hall–Kier alpha value is -0.900. The Morgan fingerprint density at radius 1 is 0.839 bits per heavy atom. The maximum atomic E-state index is 12.4. The van der Waals surface area contributed by atoms with Gasteiger partial charge in [-0.05, 0) is 85.9 Å². The van der Waals surface area contributed by atoms with Crippen molar-refractivity contribution < 1.29 is 19.4 Å². The summed E-state index contributed by atoms with van der Waals surface area (Å²) in [6.07, 6.45) is 7.63. The van der Waals surface area contributed by atoms with Gasteiger partial charge in [-0.25, -0.2) is 0 Å². The number of carbonyl (C=O) groups excluding carboxylic acids is 2. The van der Waals surface area contributed by atoms with E-state index in [2.05, 4.69) is 34.6 Å². The number of ketones is 1. The standard InChI is InChI=1S/C27H44O4/c1-16(28)18-15-27(7)21(13-19(18)30)26(6)12-9-20-24(3,4)10-8-11-25(20,5)22(26)14-23(27)31-17(2)29/h18-23,30H,8-15H2,1-7H3. The molecule has 31 heavy (non-hydrogen) atoms. The van der Waals surface area contributed by atoms with E-state index >= 15 is 0 Å². The normalized spacial score (nSPS) is 51.1. The highest BCUT2D eigenvalue weighted by Gasteiger charge is 2.68. The van der Waals surface area contributed by atoms with Gasteiger partial charge in [0, 0.05) is 18.3 Å². The fourth-order valence-corrected chi connectivity index (χ4v) is 9.73. The zero-order valence-corrected chi connectivity index (χ0v) is 20.8. The summed E-state index contributed by atoms with van der Waals surface area (Å²) in [5, 5.41) is 11.0. The lowest BCUT2D eigenvalue weighted by molar-refractivity contribution is -0.250. The lowest BCUT2D eigenvalue weighted by Gasteiger charge is -2.70. The van der Waals surface area contributed by atoms with Gasteiger partial charge in [0.2, 0.25) is 0 Å². The molecule has 9 unspecified atom stereocenters. The SMILES string of the molecule is CC(=O)OC1CC2C3(C)CCCC(C)(C)C3CCC2(C)C2CC(O)C(C(C)=O)CC12C. The second kappa shape index (κ2) is 7.30. The van der Waals surface area contributed by atoms with Gasteiger partial charge in [-0.1, -0.05) is 41.0 Å². The first-order chi connectivity index (χ1) is 14.3. The fraction of sp³-hybridized carbons (Fsp3) is 0.926. The van der Waals surface area contributed by atoms with Gasteiger partial charge in [-0.3, -0.25) is 9.59 Å². The molecule has 0 radical (unpaired) electrons. The molecule has 0 aromatic carbocycles. The van der Waals surface area contributed by atoms with Crippen LogP contribution in [0.15, 0.2) is 0 Å². The largest absolute Gasteiger partial charge is 0.462 e. The van der Waals surface area contributed by atoms with E-state index in [4.69, 9.17) is 4.74 Å². The highest BCUT2D eigenvalue weighted by molar-refractivity contribution is 5.79. The summed E-state index contributed by atoms with van der Waals surface area (Å²) in [5.41, 5.74) is 0.418. The van der Waals surface area contributed by atoms with Gasteiger partial charge in [0.05, 0.1) is 6.10 Å². The third-order valence-electron chi connectivity index (χ3n) is 11.0. The first-order valence-electron chi connectivity index (χ1n) is 12.6. The quantitative estimate of drug-likeness (QED) is 0.581. The van der Waals surface area contributed by atoms with E-state index in [0.29, 0.717) is 30.1 Å². The molecule has 0 aromatic heterocycles. The summed E-state index contributed by atoms with van der Waals surface area (Å²) in [6.45, 7) is 15.3. The van der Waals surface area contributed by atoms with Crippen LogP contribution in [-0.2, 0) is 14.3 Å². The van der Waals surface area contributed by atoms with Crippen LogP contribution in [0.25, 0.3) is 0 Å². The van der Waals surface area contributed by atoms with Crippen LogP contribution in [-0.4, -0.2) is 29.1 Å². The van der Waals surface area contributed by atoms with E-state index < -0.39 is 6.10 Å². The number of carbonyl (C=O) groups is 2. The molecule has 4 nitrogen and oxygen atoms in total. The topological polar surface area (TPSA) is 63.6 Å². The molecule has 176 valence electrons. The number of hydrogen-bond donors (Lipinski definition) is 1. The summed E-state index contributed by atoms with van der Waals surface area (Å²) >= 11 is 0. The minimum atomic E-state index is -0.586. The van der Waals surface area contributed by atoms with Gasteiger partial charge in [-0.2, -0.15) is 0 Å². The van der Waals surface area contributed by atoms with Crippen LogP contribution in [0.2, 0.25) is 0 Å². The Morgan fingerprint density at radius 2 is 1.45 bits per heavy atom. The van der Waals surface area contributed by atoms with Crippen LogP contribution >= 0.6 is 0 Å². The molecular formula is C27H44O4. The zero-order chi connectivity index (χ0) is 23.0. The summed E-state index contributed by atoms with van der Waals surface area (Å²) in [7, 11) is 0. The first kappa shape index (κ1) is 23.3. The van der Waals surface area contributed by atoms with Crippen molar-refractivity contribution in [3.8, 4) is 0 Å². The molecule has 9 atom stereocenters. The van der Waals surface area contributed by atoms with E-state index in [1.165, 1.54) is 39.0 Å². The van der Waals surface area contributed by atoms with Crippen molar-refractivity contribution in [2.75, 3.05) is 0 Å². The zero-order valence-electron chi connectivity index (χ0n) is 20.8. The van der Waals surface area contributed by atoms with E-state index in [9.17, 15) is 14.7 Å². The number of fused-ring (bicyclic) bond motifs is 5. The molecule has 0 saturated heterocycles. The molecule has 4 saturated carbocycles. The number of Topliss-reactive ketones (excluding diaryl/α,β-unsaturated/α-hetero) is 1. The number of rotatable bonds is 2. The summed E-state index contributed by atoms with van der Waals surface area (Å²) in [5.74, 6) is 0.914. The monoisotopic (exact) mass is 432 g/mol. The van der Waals surface area contributed by atoms with Gasteiger partial charge >= 0.3 is 5.97 Å². The number of esters is 1. The van der Waals surface area contributed by atoms with Crippen LogP contribution in [0, 0.1) is 45.3 Å². The number of ether oxygens (including phenoxy) is 1. The third kappa shape index (κ3) is 3.33. The average Bonchev–Trinajstić information content (AvgIpc) is 2.63. The highest BCUT2D eigenvalue weighted by Crippen LogP contribution is 2.73. The van der Waals surface area contributed by atoms with Crippen LogP contribution in [0.4, 0.5) is 0 Å². The van der Waals surface area contributed by atoms with Crippen molar-refractivity contribution in [2.24, 2.45) is 45.3 Å². The molecule has 1 N–H and O–H groups in total. The van der Waals surface area contributed by atoms with Gasteiger partial charge in [0.25, 0.3) is 0 Å². The van der Waals surface area contributed by atoms with E-state index in [-0.39, 0.29) is 45.9 Å². The molecule has 0 bridgehead atoms. The summed E-state index contributed by atoms with van der Waals surface area (Å²) in [4.78, 5) is 24.5. The maximum absolute atomic E-state index is 12.4. The Bertz CT molecular complexity index is 758. The predicted molar refractivity (Wildman–Crippen MR) is 121 cm³/mol. The number of aliphatic hydroxyl groups excluding tert-OH is 1. The van der Waals surface area contributed by atoms with Gasteiger partial charge in [0.1, 0.15) is 11.9 Å². The first-order valence-corrected chi connectivity index (χ1v) is 12.6. The molecule has 0 aromatic rings. The molecule has 4 aliphatic rings. The van der Waals surface area contributed by atoms with Crippen LogP contribution in [0.1, 0.15) is 99.8 Å². The third-order valence-corrected chi connectivity index (χ3v) is 11.0. The van der Waals surface area contributed by atoms with Gasteiger partial charge in [-0.15, -0.1) is 0 Å². The highest BCUT2D eigenvalue weighted by atomic mass is 16.5. The lowest BCUT2D eigenvalue weighted by Crippen LogP contribution is -2.67. The molecule has 0 amide bonds. The smallest absolute Gasteiger partial charge is 0.302 e. The second-order valence-corrected chi connectivity index (χ2v) is 13.1. The van der Waals surface area contributed by atoms with Gasteiger partial charge in [0.15, 0.2) is 0 Å². The second-order valence-electron chi connectivity index (χ2n) is 13.1. The average molecular weight is 433 g/mol. The molecule has 4 rings (SSSR count). The maximum Gasteiger partial charge on any atom is 0.302 e. The minimum absolute atomic E-state index is 0.0609. The molecule has 4 heteroatoms. The van der Waals surface area contributed by atoms with Gasteiger partial charge < -0.3 is 9.84 Å². The molecule has 0 aliphatic heterocycles. The number of hydrogen-bond acceptors (Lipinski definition) is 4. The Labute approximate surface area is 188 Å². The van der Waals surface area contributed by atoms with Crippen LogP contribution < -0.4 is 0 Å². The Kier molecular flexibility index (Phi) is 5.48. The molecular weight excluding hydrogens is 388 g/mol.